The molecule has 0 atom stereocenters. The minimum absolute atomic E-state index is 0.349. The number of nitrogen functional groups attached to an aromatic ring is 2. The Balaban J connectivity index is 0.000000131. The Morgan fingerprint density at radius 2 is 1.77 bits per heavy atom. The molecule has 4 heterocycles. The third-order valence-corrected chi connectivity index (χ3v) is 3.08. The number of fused-ring (bicyclic) bond motifs is 2. The van der Waals surface area contributed by atoms with Crippen LogP contribution in [0.25, 0.3) is 22.3 Å². The minimum atomic E-state index is 0.349. The van der Waals surface area contributed by atoms with Gasteiger partial charge < -0.3 is 31.4 Å². The number of aromatic nitrogens is 8. The summed E-state index contributed by atoms with van der Waals surface area (Å²) in [5.74, 6) is 0.875. The second-order valence-corrected chi connectivity index (χ2v) is 4.91. The number of nitrogens with two attached hydrogens (primary N) is 2. The maximum Gasteiger partial charge on any atom is 0.200 e. The molecule has 0 aliphatic heterocycles. The Kier molecular flexibility index (Phi) is 3.52. The Bertz CT molecular complexity index is 1050. The van der Waals surface area contributed by atoms with Crippen LogP contribution in [0.3, 0.4) is 0 Å². The van der Waals surface area contributed by atoms with Gasteiger partial charge in [0.2, 0.25) is 4.77 Å². The van der Waals surface area contributed by atoms with E-state index in [1.54, 1.807) is 0 Å². The summed E-state index contributed by atoms with van der Waals surface area (Å²) in [4.78, 5) is 26.8. The van der Waals surface area contributed by atoms with Gasteiger partial charge in [-0.05, 0) is 24.4 Å². The first-order chi connectivity index (χ1) is 10.5. The smallest absolute Gasteiger partial charge is 0.200 e. The van der Waals surface area contributed by atoms with E-state index in [2.05, 4.69) is 39.9 Å². The summed E-state index contributed by atoms with van der Waals surface area (Å²) in [5.41, 5.74) is 13.6. The second kappa shape index (κ2) is 5.50. The van der Waals surface area contributed by atoms with E-state index >= 15 is 0 Å². The molecule has 0 amide bonds. The van der Waals surface area contributed by atoms with Crippen LogP contribution in [-0.4, -0.2) is 39.9 Å². The minimum Gasteiger partial charge on any atom is -0.383 e. The number of anilines is 2. The fourth-order valence-corrected chi connectivity index (χ4v) is 2.14. The largest absolute Gasteiger partial charge is 0.383 e. The van der Waals surface area contributed by atoms with Crippen molar-refractivity contribution in [1.82, 2.24) is 39.9 Å². The maximum absolute atomic E-state index is 5.57. The standard InChI is InChI=1S/2C5H5N5S/c6-3-2-4(8-1-7-3)10-5(11)9-2;6-3-2-4(8-1-7-2)10-5(11)9-3/h2*1H,(H4,6,7,8,9,10,11). The van der Waals surface area contributed by atoms with E-state index in [0.717, 1.165) is 0 Å². The van der Waals surface area contributed by atoms with Crippen LogP contribution in [-0.2, 0) is 0 Å². The first kappa shape index (κ1) is 14.1. The lowest BCUT2D eigenvalue weighted by molar-refractivity contribution is 1.17. The number of H-pyrrole nitrogens is 4. The molecule has 8 N–H and O–H groups in total. The second-order valence-electron chi connectivity index (χ2n) is 4.12. The number of hydrogen-bond donors (Lipinski definition) is 6. The van der Waals surface area contributed by atoms with Crippen LogP contribution in [0.1, 0.15) is 0 Å². The molecule has 0 saturated carbocycles. The van der Waals surface area contributed by atoms with Crippen molar-refractivity contribution in [3.05, 3.63) is 22.2 Å². The van der Waals surface area contributed by atoms with E-state index in [4.69, 9.17) is 35.9 Å². The van der Waals surface area contributed by atoms with Crippen molar-refractivity contribution in [2.75, 3.05) is 11.5 Å². The average Bonchev–Trinajstić information content (AvgIpc) is 3.06. The van der Waals surface area contributed by atoms with Crippen molar-refractivity contribution >= 4 is 58.4 Å². The van der Waals surface area contributed by atoms with Gasteiger partial charge in [0.25, 0.3) is 0 Å². The summed E-state index contributed by atoms with van der Waals surface area (Å²) < 4.78 is 0.856. The summed E-state index contributed by atoms with van der Waals surface area (Å²) in [6.07, 6.45) is 2.91. The molecule has 112 valence electrons. The summed E-state index contributed by atoms with van der Waals surface area (Å²) >= 11 is 9.63. The predicted molar refractivity (Wildman–Crippen MR) is 87.0 cm³/mol. The van der Waals surface area contributed by atoms with Crippen LogP contribution in [0.2, 0.25) is 0 Å². The summed E-state index contributed by atoms with van der Waals surface area (Å²) in [5, 5.41) is 0. The van der Waals surface area contributed by atoms with E-state index in [9.17, 15) is 0 Å². The van der Waals surface area contributed by atoms with Crippen molar-refractivity contribution in [3.63, 3.8) is 0 Å². The maximum atomic E-state index is 5.57. The van der Waals surface area contributed by atoms with E-state index in [0.29, 0.717) is 43.5 Å². The highest BCUT2D eigenvalue weighted by atomic mass is 32.1. The Labute approximate surface area is 132 Å². The molecule has 0 spiro atoms. The SMILES string of the molecule is Nc1[nH]c(=S)nc2nc[nH]c12.Nc1ncnc2[nH]c(=S)[nH]c12. The zero-order chi connectivity index (χ0) is 15.7. The topological polar surface area (TPSA) is 167 Å². The molecule has 0 unspecified atom stereocenters. The predicted octanol–water partition coefficient (Wildman–Crippen LogP) is 1.20. The van der Waals surface area contributed by atoms with Gasteiger partial charge in [0.05, 0.1) is 6.33 Å². The van der Waals surface area contributed by atoms with Crippen LogP contribution in [0.15, 0.2) is 12.7 Å². The molecule has 0 aromatic carbocycles. The molecular formula is C10H10N10S2. The number of imidazole rings is 2. The molecule has 12 heteroatoms. The number of nitrogens with one attached hydrogen (secondary N) is 4. The van der Waals surface area contributed by atoms with Gasteiger partial charge in [0.1, 0.15) is 23.2 Å². The first-order valence-electron chi connectivity index (χ1n) is 5.92. The van der Waals surface area contributed by atoms with Crippen molar-refractivity contribution < 1.29 is 0 Å². The average molecular weight is 334 g/mol. The third kappa shape index (κ3) is 2.64. The van der Waals surface area contributed by atoms with E-state index in [-0.39, 0.29) is 0 Å². The van der Waals surface area contributed by atoms with Gasteiger partial charge in [-0.2, -0.15) is 4.98 Å². The van der Waals surface area contributed by atoms with Gasteiger partial charge >= 0.3 is 0 Å². The lowest BCUT2D eigenvalue weighted by atomic mass is 10.5. The number of rotatable bonds is 0. The van der Waals surface area contributed by atoms with Crippen LogP contribution >= 0.6 is 24.4 Å². The molecule has 4 aromatic heterocycles. The zero-order valence-electron chi connectivity index (χ0n) is 10.9. The molecule has 0 fully saturated rings. The summed E-state index contributed by atoms with van der Waals surface area (Å²) in [6, 6.07) is 0. The summed E-state index contributed by atoms with van der Waals surface area (Å²) in [7, 11) is 0. The highest BCUT2D eigenvalue weighted by molar-refractivity contribution is 7.71. The highest BCUT2D eigenvalue weighted by Crippen LogP contribution is 2.11. The highest BCUT2D eigenvalue weighted by Gasteiger charge is 2.01. The molecule has 22 heavy (non-hydrogen) atoms. The molecule has 0 radical (unpaired) electrons. The monoisotopic (exact) mass is 334 g/mol. The quantitative estimate of drug-likeness (QED) is 0.261. The van der Waals surface area contributed by atoms with Gasteiger partial charge in [-0.3, -0.25) is 0 Å². The van der Waals surface area contributed by atoms with E-state index in [1.807, 2.05) is 0 Å². The zero-order valence-corrected chi connectivity index (χ0v) is 12.5. The van der Waals surface area contributed by atoms with Gasteiger partial charge in [-0.15, -0.1) is 0 Å². The fourth-order valence-electron chi connectivity index (χ4n) is 1.74. The normalized spacial score (nSPS) is 10.5. The van der Waals surface area contributed by atoms with Crippen molar-refractivity contribution in [2.45, 2.75) is 0 Å². The Morgan fingerprint density at radius 1 is 0.955 bits per heavy atom. The molecule has 4 rings (SSSR count). The fraction of sp³-hybridized carbons (Fsp3) is 0. The molecule has 0 aliphatic carbocycles. The molecule has 0 saturated heterocycles. The van der Waals surface area contributed by atoms with Crippen LogP contribution in [0.5, 0.6) is 0 Å². The lowest BCUT2D eigenvalue weighted by Crippen LogP contribution is -1.93. The Hall–Kier alpha value is -2.86. The van der Waals surface area contributed by atoms with Gasteiger partial charge in [0, 0.05) is 0 Å². The molecule has 10 nitrogen and oxygen atoms in total. The molecular weight excluding hydrogens is 324 g/mol. The van der Waals surface area contributed by atoms with Crippen molar-refractivity contribution in [1.29, 1.82) is 0 Å². The Morgan fingerprint density at radius 3 is 2.55 bits per heavy atom. The van der Waals surface area contributed by atoms with Crippen molar-refractivity contribution in [3.8, 4) is 0 Å². The third-order valence-electron chi connectivity index (χ3n) is 2.68. The number of hydrogen-bond acceptors (Lipinski definition) is 8. The van der Waals surface area contributed by atoms with Gasteiger partial charge in [-0.1, -0.05) is 0 Å². The number of nitrogens with zero attached hydrogens (tertiary/aromatic N) is 4. The van der Waals surface area contributed by atoms with E-state index < -0.39 is 0 Å². The molecule has 0 bridgehead atoms. The summed E-state index contributed by atoms with van der Waals surface area (Å²) in [6.45, 7) is 0. The van der Waals surface area contributed by atoms with Gasteiger partial charge in [0.15, 0.2) is 21.9 Å². The van der Waals surface area contributed by atoms with E-state index in [1.165, 1.54) is 12.7 Å². The molecule has 0 aliphatic rings. The number of aromatic amines is 4. The van der Waals surface area contributed by atoms with Crippen LogP contribution < -0.4 is 11.5 Å². The van der Waals surface area contributed by atoms with Gasteiger partial charge in [-0.25, -0.2) is 15.0 Å². The van der Waals surface area contributed by atoms with Crippen molar-refractivity contribution in [2.24, 2.45) is 0 Å². The van der Waals surface area contributed by atoms with Crippen LogP contribution in [0.4, 0.5) is 11.6 Å². The molecule has 4 aromatic rings. The lowest BCUT2D eigenvalue weighted by Gasteiger charge is -1.92. The van der Waals surface area contributed by atoms with Crippen LogP contribution in [0, 0.1) is 9.54 Å². The first-order valence-corrected chi connectivity index (χ1v) is 6.73.